The lowest BCUT2D eigenvalue weighted by Crippen LogP contribution is -2.30. The zero-order valence-electron chi connectivity index (χ0n) is 15.1. The molecule has 0 amide bonds. The van der Waals surface area contributed by atoms with E-state index in [0.717, 1.165) is 6.42 Å². The molecule has 0 saturated heterocycles. The summed E-state index contributed by atoms with van der Waals surface area (Å²) in [4.78, 5) is 0. The number of allylic oxidation sites excluding steroid dienone is 4. The number of hydrogen-bond acceptors (Lipinski definition) is 0. The Kier molecular flexibility index (Phi) is 5.67. The van der Waals surface area contributed by atoms with Gasteiger partial charge in [-0.2, -0.15) is 0 Å². The first kappa shape index (κ1) is 17.1. The first-order chi connectivity index (χ1) is 10.6. The second-order valence-corrected chi connectivity index (χ2v) is 6.75. The van der Waals surface area contributed by atoms with Crippen molar-refractivity contribution in [3.05, 3.63) is 53.1 Å². The van der Waals surface area contributed by atoms with Crippen LogP contribution in [0, 0.1) is 18.3 Å². The highest BCUT2D eigenvalue weighted by molar-refractivity contribution is 5.72. The van der Waals surface area contributed by atoms with Crippen LogP contribution in [0.5, 0.6) is 0 Å². The molecular formula is C22H32. The average molecular weight is 296 g/mol. The fourth-order valence-electron chi connectivity index (χ4n) is 4.13. The van der Waals surface area contributed by atoms with Gasteiger partial charge in [0.2, 0.25) is 0 Å². The quantitative estimate of drug-likeness (QED) is 0.516. The monoisotopic (exact) mass is 296 g/mol. The lowest BCUT2D eigenvalue weighted by Gasteiger charge is -2.43. The minimum atomic E-state index is 0.394. The summed E-state index contributed by atoms with van der Waals surface area (Å²) in [6, 6.07) is 9.10. The fourth-order valence-corrected chi connectivity index (χ4v) is 4.13. The van der Waals surface area contributed by atoms with Gasteiger partial charge < -0.3 is 0 Å². The molecule has 1 aromatic carbocycles. The maximum Gasteiger partial charge on any atom is 0.00539 e. The molecular weight excluding hydrogens is 264 g/mol. The molecule has 0 heteroatoms. The van der Waals surface area contributed by atoms with Gasteiger partial charge in [-0.05, 0) is 55.6 Å². The van der Waals surface area contributed by atoms with E-state index >= 15 is 0 Å². The van der Waals surface area contributed by atoms with Crippen molar-refractivity contribution < 1.29 is 0 Å². The molecule has 1 atom stereocenters. The first-order valence-electron chi connectivity index (χ1n) is 9.09. The van der Waals surface area contributed by atoms with Crippen molar-refractivity contribution >= 4 is 5.57 Å². The minimum Gasteiger partial charge on any atom is -0.0844 e. The van der Waals surface area contributed by atoms with Gasteiger partial charge in [0.15, 0.2) is 0 Å². The minimum absolute atomic E-state index is 0.394. The van der Waals surface area contributed by atoms with E-state index in [2.05, 4.69) is 71.0 Å². The van der Waals surface area contributed by atoms with Gasteiger partial charge in [-0.1, -0.05) is 75.2 Å². The van der Waals surface area contributed by atoms with Crippen LogP contribution in [-0.4, -0.2) is 0 Å². The molecule has 1 unspecified atom stereocenters. The topological polar surface area (TPSA) is 0 Å². The number of aryl methyl sites for hydroxylation is 1. The Labute approximate surface area is 137 Å². The van der Waals surface area contributed by atoms with Crippen molar-refractivity contribution in [3.63, 3.8) is 0 Å². The number of rotatable bonds is 5. The molecule has 120 valence electrons. The average Bonchev–Trinajstić information content (AvgIpc) is 2.56. The number of hydrogen-bond donors (Lipinski definition) is 0. The molecule has 0 nitrogen and oxygen atoms in total. The van der Waals surface area contributed by atoms with E-state index in [0.29, 0.717) is 11.3 Å². The van der Waals surface area contributed by atoms with Crippen molar-refractivity contribution in [2.75, 3.05) is 0 Å². The Hall–Kier alpha value is -1.30. The summed E-state index contributed by atoms with van der Waals surface area (Å²) in [5, 5.41) is 0. The molecule has 0 radical (unpaired) electrons. The summed E-state index contributed by atoms with van der Waals surface area (Å²) in [6.07, 6.45) is 11.1. The van der Waals surface area contributed by atoms with E-state index in [-0.39, 0.29) is 0 Å². The smallest absolute Gasteiger partial charge is 0.00539 e. The molecule has 1 aromatic rings. The highest BCUT2D eigenvalue weighted by Crippen LogP contribution is 2.51. The standard InChI is InChI=1S/C22H32/c1-6-10-21-19(7-2)20(15-16-22(21,8-3)9-4)18-13-11-17(5)12-14-18/h10-15,19H,6-9,16H2,1-5H3/b21-10-. The van der Waals surface area contributed by atoms with Gasteiger partial charge in [0, 0.05) is 5.92 Å². The lowest BCUT2D eigenvalue weighted by molar-refractivity contribution is 0.296. The van der Waals surface area contributed by atoms with Crippen molar-refractivity contribution in [1.82, 2.24) is 0 Å². The molecule has 0 aliphatic heterocycles. The van der Waals surface area contributed by atoms with Crippen LogP contribution in [0.4, 0.5) is 0 Å². The molecule has 0 aromatic heterocycles. The van der Waals surface area contributed by atoms with Crippen molar-refractivity contribution in [1.29, 1.82) is 0 Å². The molecule has 1 aliphatic rings. The largest absolute Gasteiger partial charge is 0.0844 e. The third-order valence-electron chi connectivity index (χ3n) is 5.65. The van der Waals surface area contributed by atoms with Crippen LogP contribution in [0.25, 0.3) is 5.57 Å². The van der Waals surface area contributed by atoms with Crippen molar-refractivity contribution in [2.24, 2.45) is 11.3 Å². The van der Waals surface area contributed by atoms with E-state index in [4.69, 9.17) is 0 Å². The maximum absolute atomic E-state index is 2.54. The van der Waals surface area contributed by atoms with E-state index in [1.165, 1.54) is 36.8 Å². The molecule has 0 N–H and O–H groups in total. The van der Waals surface area contributed by atoms with Crippen LogP contribution in [0.15, 0.2) is 42.0 Å². The van der Waals surface area contributed by atoms with E-state index < -0.39 is 0 Å². The van der Waals surface area contributed by atoms with Crippen LogP contribution in [0.1, 0.15) is 70.9 Å². The Morgan fingerprint density at radius 1 is 1.05 bits per heavy atom. The van der Waals surface area contributed by atoms with Gasteiger partial charge in [0.05, 0.1) is 0 Å². The third-order valence-corrected chi connectivity index (χ3v) is 5.65. The van der Waals surface area contributed by atoms with Gasteiger partial charge in [-0.15, -0.1) is 0 Å². The van der Waals surface area contributed by atoms with Crippen LogP contribution in [-0.2, 0) is 0 Å². The number of benzene rings is 1. The molecule has 0 saturated carbocycles. The molecule has 2 rings (SSSR count). The molecule has 0 bridgehead atoms. The van der Waals surface area contributed by atoms with Gasteiger partial charge in [0.1, 0.15) is 0 Å². The zero-order valence-corrected chi connectivity index (χ0v) is 15.1. The SMILES string of the molecule is CC/C=C1/C(CC)C(c2ccc(C)cc2)=CCC1(CC)CC. The predicted molar refractivity (Wildman–Crippen MR) is 98.9 cm³/mol. The Morgan fingerprint density at radius 2 is 1.68 bits per heavy atom. The van der Waals surface area contributed by atoms with Gasteiger partial charge in [0.25, 0.3) is 0 Å². The summed E-state index contributed by atoms with van der Waals surface area (Å²) in [7, 11) is 0. The zero-order chi connectivity index (χ0) is 16.2. The fraction of sp³-hybridized carbons (Fsp3) is 0.545. The third kappa shape index (κ3) is 3.07. The van der Waals surface area contributed by atoms with Gasteiger partial charge in [-0.25, -0.2) is 0 Å². The Bertz CT molecular complexity index is 538. The summed E-state index contributed by atoms with van der Waals surface area (Å²) in [5.41, 5.74) is 6.42. The molecule has 0 spiro atoms. The van der Waals surface area contributed by atoms with Crippen LogP contribution < -0.4 is 0 Å². The predicted octanol–water partition coefficient (Wildman–Crippen LogP) is 6.95. The highest BCUT2D eigenvalue weighted by atomic mass is 14.4. The second kappa shape index (κ2) is 7.31. The van der Waals surface area contributed by atoms with Crippen LogP contribution in [0.3, 0.4) is 0 Å². The summed E-state index contributed by atoms with van der Waals surface area (Å²) in [6.45, 7) is 11.5. The van der Waals surface area contributed by atoms with Gasteiger partial charge in [-0.3, -0.25) is 0 Å². The molecule has 0 heterocycles. The van der Waals surface area contributed by atoms with E-state index in [9.17, 15) is 0 Å². The molecule has 0 fully saturated rings. The van der Waals surface area contributed by atoms with Crippen molar-refractivity contribution in [3.8, 4) is 0 Å². The van der Waals surface area contributed by atoms with E-state index in [1.54, 1.807) is 11.1 Å². The lowest BCUT2D eigenvalue weighted by atomic mass is 9.61. The summed E-state index contributed by atoms with van der Waals surface area (Å²) >= 11 is 0. The maximum atomic E-state index is 2.54. The van der Waals surface area contributed by atoms with Crippen LogP contribution in [0.2, 0.25) is 0 Å². The summed E-state index contributed by atoms with van der Waals surface area (Å²) in [5.74, 6) is 0.594. The van der Waals surface area contributed by atoms with Gasteiger partial charge >= 0.3 is 0 Å². The Morgan fingerprint density at radius 3 is 2.18 bits per heavy atom. The van der Waals surface area contributed by atoms with Crippen LogP contribution >= 0.6 is 0 Å². The highest BCUT2D eigenvalue weighted by Gasteiger charge is 2.38. The first-order valence-corrected chi connectivity index (χ1v) is 9.09. The van der Waals surface area contributed by atoms with Crippen molar-refractivity contribution in [2.45, 2.75) is 66.7 Å². The molecule has 22 heavy (non-hydrogen) atoms. The van der Waals surface area contributed by atoms with E-state index in [1.807, 2.05) is 0 Å². The molecule has 1 aliphatic carbocycles. The second-order valence-electron chi connectivity index (χ2n) is 6.75. The normalized spacial score (nSPS) is 22.7. The summed E-state index contributed by atoms with van der Waals surface area (Å²) < 4.78 is 0. The Balaban J connectivity index is 2.50.